The minimum absolute atomic E-state index is 0.0929. The molecule has 0 saturated carbocycles. The first kappa shape index (κ1) is 20.3. The summed E-state index contributed by atoms with van der Waals surface area (Å²) in [7, 11) is 0. The molecule has 2 amide bonds. The van der Waals surface area contributed by atoms with E-state index in [0.717, 1.165) is 24.1 Å². The van der Waals surface area contributed by atoms with Crippen LogP contribution in [0, 0.1) is 26.7 Å². The van der Waals surface area contributed by atoms with E-state index in [0.29, 0.717) is 24.0 Å². The molecular weight excluding hydrogens is 398 g/mol. The van der Waals surface area contributed by atoms with E-state index < -0.39 is 0 Å². The van der Waals surface area contributed by atoms with E-state index >= 15 is 0 Å². The zero-order valence-corrected chi connectivity index (χ0v) is 18.2. The molecule has 0 spiro atoms. The van der Waals surface area contributed by atoms with Crippen LogP contribution in [0.15, 0.2) is 40.3 Å². The number of hydrogen-bond donors (Lipinski definition) is 1. The molecule has 1 aliphatic rings. The molecule has 1 aliphatic heterocycles. The van der Waals surface area contributed by atoms with Crippen LogP contribution in [0.3, 0.4) is 0 Å². The summed E-state index contributed by atoms with van der Waals surface area (Å²) in [6, 6.07) is 7.65. The van der Waals surface area contributed by atoms with Crippen molar-refractivity contribution in [3.05, 3.63) is 58.4 Å². The third-order valence-electron chi connectivity index (χ3n) is 5.66. The van der Waals surface area contributed by atoms with Crippen molar-refractivity contribution < 1.29 is 14.0 Å². The number of likely N-dealkylation sites (tertiary alicyclic amines) is 1. The molecule has 4 rings (SSSR count). The summed E-state index contributed by atoms with van der Waals surface area (Å²) >= 11 is 1.42. The lowest BCUT2D eigenvalue weighted by Gasteiger charge is -2.31. The number of rotatable bonds is 4. The molecule has 2 aromatic heterocycles. The maximum atomic E-state index is 12.8. The molecule has 6 nitrogen and oxygen atoms in total. The number of nitrogens with zero attached hydrogens (tertiary/aromatic N) is 2. The summed E-state index contributed by atoms with van der Waals surface area (Å²) in [4.78, 5) is 31.7. The summed E-state index contributed by atoms with van der Waals surface area (Å²) in [5, 5.41) is 5.51. The van der Waals surface area contributed by atoms with Gasteiger partial charge in [-0.3, -0.25) is 9.59 Å². The molecule has 7 heteroatoms. The lowest BCUT2D eigenvalue weighted by atomic mass is 9.97. The third kappa shape index (κ3) is 4.16. The topological polar surface area (TPSA) is 75.4 Å². The van der Waals surface area contributed by atoms with Gasteiger partial charge in [-0.1, -0.05) is 6.07 Å². The highest BCUT2D eigenvalue weighted by Gasteiger charge is 2.30. The number of aryl methyl sites for hydroxylation is 3. The van der Waals surface area contributed by atoms with Gasteiger partial charge < -0.3 is 14.6 Å². The highest BCUT2D eigenvalue weighted by molar-refractivity contribution is 7.14. The molecule has 1 N–H and O–H groups in total. The summed E-state index contributed by atoms with van der Waals surface area (Å²) in [6.45, 7) is 7.29. The molecule has 1 unspecified atom stereocenters. The number of nitrogens with one attached hydrogen (secondary N) is 1. The molecule has 3 aromatic rings. The van der Waals surface area contributed by atoms with Crippen LogP contribution < -0.4 is 5.32 Å². The van der Waals surface area contributed by atoms with Crippen LogP contribution in [0.4, 0.5) is 5.13 Å². The average molecular weight is 424 g/mol. The monoisotopic (exact) mass is 423 g/mol. The maximum Gasteiger partial charge on any atom is 0.289 e. The number of aromatic nitrogens is 1. The van der Waals surface area contributed by atoms with E-state index in [9.17, 15) is 9.59 Å². The zero-order chi connectivity index (χ0) is 21.3. The minimum atomic E-state index is -0.256. The Labute approximate surface area is 179 Å². The number of benzene rings is 1. The van der Waals surface area contributed by atoms with Crippen LogP contribution in [0.2, 0.25) is 0 Å². The van der Waals surface area contributed by atoms with Gasteiger partial charge in [0.05, 0.1) is 17.9 Å². The lowest BCUT2D eigenvalue weighted by molar-refractivity contribution is -0.121. The van der Waals surface area contributed by atoms with Gasteiger partial charge in [0, 0.05) is 24.0 Å². The van der Waals surface area contributed by atoms with Crippen LogP contribution in [0.5, 0.6) is 0 Å². The Morgan fingerprint density at radius 3 is 2.77 bits per heavy atom. The van der Waals surface area contributed by atoms with Crippen molar-refractivity contribution in [1.82, 2.24) is 9.88 Å². The molecule has 1 atom stereocenters. The van der Waals surface area contributed by atoms with Crippen molar-refractivity contribution in [1.29, 1.82) is 0 Å². The first-order valence-electron chi connectivity index (χ1n) is 10.1. The van der Waals surface area contributed by atoms with E-state index in [1.807, 2.05) is 5.38 Å². The number of thiazole rings is 1. The molecular formula is C23H25N3O3S. The molecule has 1 fully saturated rings. The minimum Gasteiger partial charge on any atom is -0.459 e. The molecule has 1 aromatic carbocycles. The number of piperidine rings is 1. The normalized spacial score (nSPS) is 16.5. The maximum absolute atomic E-state index is 12.8. The van der Waals surface area contributed by atoms with E-state index in [-0.39, 0.29) is 17.7 Å². The highest BCUT2D eigenvalue weighted by atomic mass is 32.1. The fourth-order valence-corrected chi connectivity index (χ4v) is 4.54. The van der Waals surface area contributed by atoms with Gasteiger partial charge in [-0.15, -0.1) is 11.3 Å². The summed E-state index contributed by atoms with van der Waals surface area (Å²) in [6.07, 6.45) is 3.02. The van der Waals surface area contributed by atoms with Gasteiger partial charge >= 0.3 is 0 Å². The van der Waals surface area contributed by atoms with Gasteiger partial charge in [-0.2, -0.15) is 0 Å². The first-order valence-corrected chi connectivity index (χ1v) is 11.0. The molecule has 0 radical (unpaired) electrons. The Morgan fingerprint density at radius 2 is 2.00 bits per heavy atom. The first-order chi connectivity index (χ1) is 14.4. The fourth-order valence-electron chi connectivity index (χ4n) is 3.83. The van der Waals surface area contributed by atoms with Crippen molar-refractivity contribution in [2.75, 3.05) is 18.4 Å². The Balaban J connectivity index is 1.43. The molecule has 156 valence electrons. The molecule has 3 heterocycles. The summed E-state index contributed by atoms with van der Waals surface area (Å²) in [5.74, 6) is -0.207. The Morgan fingerprint density at radius 1 is 1.20 bits per heavy atom. The Kier molecular flexibility index (Phi) is 5.72. The lowest BCUT2D eigenvalue weighted by Crippen LogP contribution is -2.43. The standard InChI is InChI=1S/C23H25N3O3S/c1-14-10-16(3)18(11-15(14)2)19-13-30-23(24-19)25-21(27)17-6-4-8-26(12-17)22(28)20-7-5-9-29-20/h5,7,9-11,13,17H,4,6,8,12H2,1-3H3,(H,24,25,27). The van der Waals surface area contributed by atoms with Crippen molar-refractivity contribution in [2.24, 2.45) is 5.92 Å². The number of amides is 2. The second kappa shape index (κ2) is 8.44. The van der Waals surface area contributed by atoms with Crippen LogP contribution in [-0.4, -0.2) is 34.8 Å². The van der Waals surface area contributed by atoms with Crippen LogP contribution in [0.25, 0.3) is 11.3 Å². The van der Waals surface area contributed by atoms with E-state index in [4.69, 9.17) is 4.42 Å². The van der Waals surface area contributed by atoms with Gasteiger partial charge in [0.2, 0.25) is 5.91 Å². The van der Waals surface area contributed by atoms with Crippen LogP contribution >= 0.6 is 11.3 Å². The largest absolute Gasteiger partial charge is 0.459 e. The summed E-state index contributed by atoms with van der Waals surface area (Å²) in [5.41, 5.74) is 5.60. The predicted molar refractivity (Wildman–Crippen MR) is 118 cm³/mol. The number of hydrogen-bond acceptors (Lipinski definition) is 5. The van der Waals surface area contributed by atoms with Gasteiger partial charge in [0.15, 0.2) is 10.9 Å². The van der Waals surface area contributed by atoms with Gasteiger partial charge in [-0.05, 0) is 68.5 Å². The predicted octanol–water partition coefficient (Wildman–Crippen LogP) is 4.82. The average Bonchev–Trinajstić information content (AvgIpc) is 3.42. The Hall–Kier alpha value is -2.93. The second-order valence-electron chi connectivity index (χ2n) is 7.85. The zero-order valence-electron chi connectivity index (χ0n) is 17.4. The number of carbonyl (C=O) groups excluding carboxylic acids is 2. The fraction of sp³-hybridized carbons (Fsp3) is 0.348. The van der Waals surface area contributed by atoms with E-state index in [1.54, 1.807) is 17.0 Å². The molecule has 0 bridgehead atoms. The van der Waals surface area contributed by atoms with E-state index in [2.05, 4.69) is 43.2 Å². The Bertz CT molecular complexity index is 1070. The molecule has 0 aliphatic carbocycles. The van der Waals surface area contributed by atoms with Crippen molar-refractivity contribution in [3.63, 3.8) is 0 Å². The summed E-state index contributed by atoms with van der Waals surface area (Å²) < 4.78 is 5.21. The smallest absolute Gasteiger partial charge is 0.289 e. The molecule has 1 saturated heterocycles. The van der Waals surface area contributed by atoms with Gasteiger partial charge in [-0.25, -0.2) is 4.98 Å². The number of carbonyl (C=O) groups is 2. The van der Waals surface area contributed by atoms with Crippen molar-refractivity contribution >= 4 is 28.3 Å². The highest BCUT2D eigenvalue weighted by Crippen LogP contribution is 2.30. The second-order valence-corrected chi connectivity index (χ2v) is 8.70. The number of furan rings is 1. The van der Waals surface area contributed by atoms with Crippen LogP contribution in [-0.2, 0) is 4.79 Å². The van der Waals surface area contributed by atoms with Gasteiger partial charge in [0.25, 0.3) is 5.91 Å². The molecule has 30 heavy (non-hydrogen) atoms. The van der Waals surface area contributed by atoms with Crippen LogP contribution in [0.1, 0.15) is 40.1 Å². The van der Waals surface area contributed by atoms with E-state index in [1.165, 1.54) is 34.3 Å². The van der Waals surface area contributed by atoms with Crippen molar-refractivity contribution in [2.45, 2.75) is 33.6 Å². The third-order valence-corrected chi connectivity index (χ3v) is 6.42. The quantitative estimate of drug-likeness (QED) is 0.653. The number of anilines is 1. The van der Waals surface area contributed by atoms with Gasteiger partial charge in [0.1, 0.15) is 0 Å². The van der Waals surface area contributed by atoms with Crippen molar-refractivity contribution in [3.8, 4) is 11.3 Å². The SMILES string of the molecule is Cc1cc(C)c(-c2csc(NC(=O)C3CCCN(C(=O)c4ccco4)C3)n2)cc1C.